The van der Waals surface area contributed by atoms with Crippen molar-refractivity contribution < 1.29 is 22.8 Å². The number of amides is 3. The number of rotatable bonds is 4. The van der Waals surface area contributed by atoms with Gasteiger partial charge in [0.2, 0.25) is 21.8 Å². The molecule has 8 nitrogen and oxygen atoms in total. The van der Waals surface area contributed by atoms with Crippen LogP contribution in [0.25, 0.3) is 0 Å². The molecule has 3 rings (SSSR count). The Morgan fingerprint density at radius 1 is 1.24 bits per heavy atom. The Labute approximate surface area is 149 Å². The molecule has 2 saturated heterocycles. The highest BCUT2D eigenvalue weighted by atomic mass is 32.2. The van der Waals surface area contributed by atoms with E-state index in [2.05, 4.69) is 10.6 Å². The predicted molar refractivity (Wildman–Crippen MR) is 90.6 cm³/mol. The van der Waals surface area contributed by atoms with E-state index in [1.807, 2.05) is 0 Å². The highest BCUT2D eigenvalue weighted by Crippen LogP contribution is 2.27. The number of thiophene rings is 1. The van der Waals surface area contributed by atoms with Crippen molar-refractivity contribution in [2.24, 2.45) is 0 Å². The molecule has 0 bridgehead atoms. The smallest absolute Gasteiger partial charge is 0.263 e. The molecular formula is C15H19N3O5S2. The molecule has 2 N–H and O–H groups in total. The average Bonchev–Trinajstić information content (AvgIpc) is 3.09. The number of carbonyl (C=O) groups is 3. The summed E-state index contributed by atoms with van der Waals surface area (Å²) in [5.41, 5.74) is 0. The number of carbonyl (C=O) groups excluding carboxylic acids is 3. The van der Waals surface area contributed by atoms with Crippen molar-refractivity contribution in [1.82, 2.24) is 14.9 Å². The Kier molecular flexibility index (Phi) is 5.21. The molecule has 1 atom stereocenters. The van der Waals surface area contributed by atoms with E-state index < -0.39 is 27.9 Å². The third-order valence-electron chi connectivity index (χ3n) is 4.31. The highest BCUT2D eigenvalue weighted by molar-refractivity contribution is 7.89. The van der Waals surface area contributed by atoms with Gasteiger partial charge in [0.1, 0.15) is 15.8 Å². The maximum atomic E-state index is 12.8. The minimum absolute atomic E-state index is 0.0239. The van der Waals surface area contributed by atoms with Gasteiger partial charge in [0.15, 0.2) is 0 Å². The third kappa shape index (κ3) is 3.75. The first-order valence-electron chi connectivity index (χ1n) is 8.12. The normalized spacial score (nSPS) is 22.5. The summed E-state index contributed by atoms with van der Waals surface area (Å²) >= 11 is 1.02. The standard InChI is InChI=1S/C15H19N3O5S2/c19-12-5-4-10(14(20)17-12)16-15(21)13-11(6-9-24-13)25(22,23)18-7-2-1-3-8-18/h6,9-10H,1-5,7-8H2,(H,16,21)(H,17,19,20). The Morgan fingerprint density at radius 2 is 1.96 bits per heavy atom. The van der Waals surface area contributed by atoms with Gasteiger partial charge in [0.25, 0.3) is 5.91 Å². The first kappa shape index (κ1) is 18.0. The molecule has 1 unspecified atom stereocenters. The molecule has 1 aromatic rings. The number of hydrogen-bond donors (Lipinski definition) is 2. The van der Waals surface area contributed by atoms with E-state index in [1.165, 1.54) is 10.4 Å². The lowest BCUT2D eigenvalue weighted by Crippen LogP contribution is -2.52. The first-order valence-corrected chi connectivity index (χ1v) is 10.4. The van der Waals surface area contributed by atoms with Crippen LogP contribution in [0.2, 0.25) is 0 Å². The number of piperidine rings is 2. The van der Waals surface area contributed by atoms with Gasteiger partial charge in [-0.15, -0.1) is 11.3 Å². The molecule has 1 aromatic heterocycles. The molecule has 0 spiro atoms. The van der Waals surface area contributed by atoms with E-state index in [-0.39, 0.29) is 28.5 Å². The van der Waals surface area contributed by atoms with Crippen LogP contribution >= 0.6 is 11.3 Å². The molecule has 25 heavy (non-hydrogen) atoms. The van der Waals surface area contributed by atoms with Crippen molar-refractivity contribution in [3.8, 4) is 0 Å². The van der Waals surface area contributed by atoms with E-state index >= 15 is 0 Å². The lowest BCUT2D eigenvalue weighted by molar-refractivity contribution is -0.134. The van der Waals surface area contributed by atoms with Crippen molar-refractivity contribution in [2.75, 3.05) is 13.1 Å². The molecular weight excluding hydrogens is 366 g/mol. The van der Waals surface area contributed by atoms with Gasteiger partial charge in [0, 0.05) is 19.5 Å². The van der Waals surface area contributed by atoms with E-state index in [4.69, 9.17) is 0 Å². The molecule has 2 fully saturated rings. The van der Waals surface area contributed by atoms with Crippen molar-refractivity contribution in [2.45, 2.75) is 43.0 Å². The van der Waals surface area contributed by atoms with Crippen molar-refractivity contribution in [1.29, 1.82) is 0 Å². The monoisotopic (exact) mass is 385 g/mol. The Morgan fingerprint density at radius 3 is 2.64 bits per heavy atom. The van der Waals surface area contributed by atoms with E-state index in [1.54, 1.807) is 5.38 Å². The molecule has 0 aliphatic carbocycles. The van der Waals surface area contributed by atoms with Crippen LogP contribution in [0.3, 0.4) is 0 Å². The SMILES string of the molecule is O=C1CCC(NC(=O)c2sccc2S(=O)(=O)N2CCCCC2)C(=O)N1. The molecule has 2 aliphatic rings. The van der Waals surface area contributed by atoms with Gasteiger partial charge in [-0.1, -0.05) is 6.42 Å². The van der Waals surface area contributed by atoms with Gasteiger partial charge in [-0.3, -0.25) is 19.7 Å². The summed E-state index contributed by atoms with van der Waals surface area (Å²) in [6.07, 6.45) is 2.96. The second kappa shape index (κ2) is 7.22. The Hall–Kier alpha value is -1.78. The van der Waals surface area contributed by atoms with E-state index in [0.717, 1.165) is 30.6 Å². The lowest BCUT2D eigenvalue weighted by Gasteiger charge is -2.26. The predicted octanol–water partition coefficient (Wildman–Crippen LogP) is 0.458. The van der Waals surface area contributed by atoms with Gasteiger partial charge in [0.05, 0.1) is 0 Å². The lowest BCUT2D eigenvalue weighted by atomic mass is 10.1. The third-order valence-corrected chi connectivity index (χ3v) is 7.30. The average molecular weight is 385 g/mol. The van der Waals surface area contributed by atoms with E-state index in [9.17, 15) is 22.8 Å². The largest absolute Gasteiger partial charge is 0.339 e. The quantitative estimate of drug-likeness (QED) is 0.731. The van der Waals surface area contributed by atoms with Crippen LogP contribution in [0.15, 0.2) is 16.3 Å². The number of hydrogen-bond acceptors (Lipinski definition) is 6. The fourth-order valence-corrected chi connectivity index (χ4v) is 5.79. The molecule has 3 heterocycles. The van der Waals surface area contributed by atoms with Crippen LogP contribution < -0.4 is 10.6 Å². The Bertz CT molecular complexity index is 796. The Balaban J connectivity index is 1.78. The fourth-order valence-electron chi connectivity index (χ4n) is 2.97. The zero-order valence-electron chi connectivity index (χ0n) is 13.5. The van der Waals surface area contributed by atoms with Crippen molar-refractivity contribution in [3.63, 3.8) is 0 Å². The number of nitrogens with one attached hydrogen (secondary N) is 2. The fraction of sp³-hybridized carbons (Fsp3) is 0.533. The van der Waals surface area contributed by atoms with Gasteiger partial charge in [-0.05, 0) is 30.7 Å². The maximum absolute atomic E-state index is 12.8. The number of nitrogens with zero attached hydrogens (tertiary/aromatic N) is 1. The summed E-state index contributed by atoms with van der Waals surface area (Å²) in [5, 5.41) is 6.24. The number of imide groups is 1. The van der Waals surface area contributed by atoms with E-state index in [0.29, 0.717) is 13.1 Å². The molecule has 0 saturated carbocycles. The van der Waals surface area contributed by atoms with Crippen molar-refractivity contribution >= 4 is 39.1 Å². The summed E-state index contributed by atoms with van der Waals surface area (Å²) < 4.78 is 27.0. The highest BCUT2D eigenvalue weighted by Gasteiger charge is 2.33. The molecule has 10 heteroatoms. The van der Waals surface area contributed by atoms with Crippen molar-refractivity contribution in [3.05, 3.63) is 16.3 Å². The minimum atomic E-state index is -3.73. The van der Waals surface area contributed by atoms with Crippen LogP contribution in [0.1, 0.15) is 41.8 Å². The molecule has 136 valence electrons. The zero-order chi connectivity index (χ0) is 18.0. The molecule has 0 radical (unpaired) electrons. The van der Waals surface area contributed by atoms with Crippen LogP contribution in [0, 0.1) is 0 Å². The maximum Gasteiger partial charge on any atom is 0.263 e. The topological polar surface area (TPSA) is 113 Å². The van der Waals surface area contributed by atoms with Gasteiger partial charge in [-0.25, -0.2) is 8.42 Å². The van der Waals surface area contributed by atoms with Gasteiger partial charge >= 0.3 is 0 Å². The first-order chi connectivity index (χ1) is 11.9. The summed E-state index contributed by atoms with van der Waals surface area (Å²) in [7, 11) is -3.73. The minimum Gasteiger partial charge on any atom is -0.339 e. The second-order valence-corrected chi connectivity index (χ2v) is 8.88. The zero-order valence-corrected chi connectivity index (χ0v) is 15.1. The van der Waals surface area contributed by atoms with Crippen LogP contribution in [0.5, 0.6) is 0 Å². The van der Waals surface area contributed by atoms with Gasteiger partial charge < -0.3 is 5.32 Å². The van der Waals surface area contributed by atoms with Crippen LogP contribution in [0.4, 0.5) is 0 Å². The van der Waals surface area contributed by atoms with Crippen LogP contribution in [-0.4, -0.2) is 49.6 Å². The second-order valence-electron chi connectivity index (χ2n) is 6.06. The molecule has 0 aromatic carbocycles. The molecule has 3 amide bonds. The number of sulfonamides is 1. The summed E-state index contributed by atoms with van der Waals surface area (Å²) in [4.78, 5) is 35.5. The summed E-state index contributed by atoms with van der Waals surface area (Å²) in [6.45, 7) is 0.902. The summed E-state index contributed by atoms with van der Waals surface area (Å²) in [6, 6.07) is 0.589. The van der Waals surface area contributed by atoms with Gasteiger partial charge in [-0.2, -0.15) is 4.31 Å². The summed E-state index contributed by atoms with van der Waals surface area (Å²) in [5.74, 6) is -1.55. The molecule has 2 aliphatic heterocycles. The van der Waals surface area contributed by atoms with Crippen LogP contribution in [-0.2, 0) is 19.6 Å².